The lowest BCUT2D eigenvalue weighted by Gasteiger charge is -2.31. The van der Waals surface area contributed by atoms with Gasteiger partial charge in [-0.25, -0.2) is 0 Å². The van der Waals surface area contributed by atoms with Gasteiger partial charge in [0.05, 0.1) is 5.54 Å². The molecule has 1 heterocycles. The standard InChI is InChI=1S/C17H26N2O.ClH/c1-4-17(11-8-12-19-17)15(20)18-13-16(2,3)14-9-6-5-7-10-14;/h5-7,9-10,19H,4,8,11-13H2,1-3H3,(H,18,20);1H. The van der Waals surface area contributed by atoms with Crippen LogP contribution in [0.2, 0.25) is 0 Å². The summed E-state index contributed by atoms with van der Waals surface area (Å²) in [6.45, 7) is 8.04. The minimum atomic E-state index is -0.341. The van der Waals surface area contributed by atoms with Gasteiger partial charge in [0.1, 0.15) is 0 Å². The van der Waals surface area contributed by atoms with Gasteiger partial charge in [0.15, 0.2) is 0 Å². The van der Waals surface area contributed by atoms with Crippen molar-refractivity contribution in [1.82, 2.24) is 10.6 Å². The first kappa shape index (κ1) is 18.0. The fourth-order valence-corrected chi connectivity index (χ4v) is 2.92. The summed E-state index contributed by atoms with van der Waals surface area (Å²) in [7, 11) is 0. The third kappa shape index (κ3) is 3.98. The van der Waals surface area contributed by atoms with Gasteiger partial charge in [-0.05, 0) is 31.4 Å². The molecule has 1 aromatic carbocycles. The lowest BCUT2D eigenvalue weighted by atomic mass is 9.84. The maximum atomic E-state index is 12.5. The fourth-order valence-electron chi connectivity index (χ4n) is 2.92. The number of benzene rings is 1. The van der Waals surface area contributed by atoms with E-state index in [0.717, 1.165) is 25.8 Å². The van der Waals surface area contributed by atoms with Crippen LogP contribution in [0.5, 0.6) is 0 Å². The molecule has 2 rings (SSSR count). The molecule has 0 aromatic heterocycles. The number of rotatable bonds is 5. The van der Waals surface area contributed by atoms with Crippen LogP contribution >= 0.6 is 12.4 Å². The van der Waals surface area contributed by atoms with Crippen LogP contribution in [0.25, 0.3) is 0 Å². The summed E-state index contributed by atoms with van der Waals surface area (Å²) >= 11 is 0. The first-order valence-corrected chi connectivity index (χ1v) is 7.59. The lowest BCUT2D eigenvalue weighted by molar-refractivity contribution is -0.127. The maximum Gasteiger partial charge on any atom is 0.240 e. The smallest absolute Gasteiger partial charge is 0.240 e. The van der Waals surface area contributed by atoms with Crippen molar-refractivity contribution in [3.8, 4) is 0 Å². The van der Waals surface area contributed by atoms with E-state index in [9.17, 15) is 4.79 Å². The molecule has 1 amide bonds. The van der Waals surface area contributed by atoms with Gasteiger partial charge in [-0.1, -0.05) is 51.1 Å². The van der Waals surface area contributed by atoms with E-state index in [0.29, 0.717) is 6.54 Å². The van der Waals surface area contributed by atoms with Crippen LogP contribution in [0, 0.1) is 0 Å². The Morgan fingerprint density at radius 2 is 2.00 bits per heavy atom. The van der Waals surface area contributed by atoms with E-state index < -0.39 is 0 Å². The number of amides is 1. The van der Waals surface area contributed by atoms with E-state index >= 15 is 0 Å². The van der Waals surface area contributed by atoms with Gasteiger partial charge in [-0.3, -0.25) is 4.79 Å². The average molecular weight is 311 g/mol. The van der Waals surface area contributed by atoms with Gasteiger partial charge < -0.3 is 10.6 Å². The number of hydrogen-bond donors (Lipinski definition) is 2. The number of halogens is 1. The molecule has 1 aromatic rings. The van der Waals surface area contributed by atoms with Crippen molar-refractivity contribution in [2.45, 2.75) is 51.0 Å². The summed E-state index contributed by atoms with van der Waals surface area (Å²) in [5.74, 6) is 0.154. The van der Waals surface area contributed by atoms with Gasteiger partial charge in [0.25, 0.3) is 0 Å². The predicted molar refractivity (Wildman–Crippen MR) is 90.0 cm³/mol. The van der Waals surface area contributed by atoms with Gasteiger partial charge >= 0.3 is 0 Å². The molecule has 2 N–H and O–H groups in total. The third-order valence-corrected chi connectivity index (χ3v) is 4.53. The van der Waals surface area contributed by atoms with Crippen LogP contribution in [-0.2, 0) is 10.2 Å². The predicted octanol–water partition coefficient (Wildman–Crippen LogP) is 3.03. The summed E-state index contributed by atoms with van der Waals surface area (Å²) < 4.78 is 0. The van der Waals surface area contributed by atoms with Gasteiger partial charge in [-0.2, -0.15) is 0 Å². The Bertz CT molecular complexity index is 453. The lowest BCUT2D eigenvalue weighted by Crippen LogP contribution is -2.54. The van der Waals surface area contributed by atoms with Crippen LogP contribution in [0.3, 0.4) is 0 Å². The molecular formula is C17H27ClN2O. The minimum absolute atomic E-state index is 0. The van der Waals surface area contributed by atoms with E-state index in [1.54, 1.807) is 0 Å². The molecule has 1 unspecified atom stereocenters. The molecule has 118 valence electrons. The van der Waals surface area contributed by atoms with E-state index in [2.05, 4.69) is 43.5 Å². The largest absolute Gasteiger partial charge is 0.354 e. The van der Waals surface area contributed by atoms with Gasteiger partial charge in [0, 0.05) is 12.0 Å². The summed E-state index contributed by atoms with van der Waals surface area (Å²) in [4.78, 5) is 12.5. The summed E-state index contributed by atoms with van der Waals surface area (Å²) in [5, 5.41) is 6.54. The summed E-state index contributed by atoms with van der Waals surface area (Å²) in [6.07, 6.45) is 2.88. The molecule has 0 spiro atoms. The zero-order valence-corrected chi connectivity index (χ0v) is 14.1. The van der Waals surface area contributed by atoms with Crippen LogP contribution < -0.4 is 10.6 Å². The molecule has 4 heteroatoms. The normalized spacial score (nSPS) is 21.7. The highest BCUT2D eigenvalue weighted by Crippen LogP contribution is 2.25. The molecular weight excluding hydrogens is 284 g/mol. The average Bonchev–Trinajstić information content (AvgIpc) is 2.96. The Morgan fingerprint density at radius 3 is 2.52 bits per heavy atom. The number of hydrogen-bond acceptors (Lipinski definition) is 2. The highest BCUT2D eigenvalue weighted by atomic mass is 35.5. The molecule has 1 fully saturated rings. The first-order chi connectivity index (χ1) is 9.50. The Labute approximate surface area is 134 Å². The van der Waals surface area contributed by atoms with Crippen molar-refractivity contribution >= 4 is 18.3 Å². The Kier molecular flexibility index (Phi) is 6.24. The van der Waals surface area contributed by atoms with E-state index in [4.69, 9.17) is 0 Å². The Balaban J connectivity index is 0.00000220. The number of nitrogens with one attached hydrogen (secondary N) is 2. The second-order valence-electron chi connectivity index (χ2n) is 6.40. The summed E-state index contributed by atoms with van der Waals surface area (Å²) in [6, 6.07) is 10.4. The van der Waals surface area contributed by atoms with Crippen molar-refractivity contribution in [2.75, 3.05) is 13.1 Å². The van der Waals surface area contributed by atoms with E-state index in [-0.39, 0.29) is 29.3 Å². The second kappa shape index (κ2) is 7.28. The second-order valence-corrected chi connectivity index (χ2v) is 6.40. The van der Waals surface area contributed by atoms with Crippen LogP contribution in [0.1, 0.15) is 45.6 Å². The van der Waals surface area contributed by atoms with Crippen LogP contribution in [-0.4, -0.2) is 24.5 Å². The fraction of sp³-hybridized carbons (Fsp3) is 0.588. The van der Waals surface area contributed by atoms with Crippen molar-refractivity contribution in [2.24, 2.45) is 0 Å². The first-order valence-electron chi connectivity index (χ1n) is 7.59. The minimum Gasteiger partial charge on any atom is -0.354 e. The molecule has 3 nitrogen and oxygen atoms in total. The van der Waals surface area contributed by atoms with Crippen molar-refractivity contribution in [3.05, 3.63) is 35.9 Å². The molecule has 1 aliphatic rings. The van der Waals surface area contributed by atoms with Crippen LogP contribution in [0.4, 0.5) is 0 Å². The van der Waals surface area contributed by atoms with Crippen molar-refractivity contribution in [1.29, 1.82) is 0 Å². The topological polar surface area (TPSA) is 41.1 Å². The molecule has 21 heavy (non-hydrogen) atoms. The van der Waals surface area contributed by atoms with Crippen molar-refractivity contribution in [3.63, 3.8) is 0 Å². The van der Waals surface area contributed by atoms with E-state index in [1.807, 2.05) is 18.2 Å². The monoisotopic (exact) mass is 310 g/mol. The SMILES string of the molecule is CCC1(C(=O)NCC(C)(C)c2ccccc2)CCCN1.Cl. The zero-order chi connectivity index (χ0) is 14.6. The van der Waals surface area contributed by atoms with Gasteiger partial charge in [-0.15, -0.1) is 12.4 Å². The van der Waals surface area contributed by atoms with Crippen LogP contribution in [0.15, 0.2) is 30.3 Å². The molecule has 1 atom stereocenters. The third-order valence-electron chi connectivity index (χ3n) is 4.53. The molecule has 0 aliphatic carbocycles. The Hall–Kier alpha value is -1.06. The zero-order valence-electron chi connectivity index (χ0n) is 13.2. The quantitative estimate of drug-likeness (QED) is 0.877. The molecule has 0 radical (unpaired) electrons. The van der Waals surface area contributed by atoms with Crippen molar-refractivity contribution < 1.29 is 4.79 Å². The molecule has 0 bridgehead atoms. The number of carbonyl (C=O) groups excluding carboxylic acids is 1. The number of carbonyl (C=O) groups is 1. The molecule has 0 saturated carbocycles. The molecule has 1 saturated heterocycles. The highest BCUT2D eigenvalue weighted by Gasteiger charge is 2.39. The summed E-state index contributed by atoms with van der Waals surface area (Å²) in [5.41, 5.74) is 0.863. The molecule has 1 aliphatic heterocycles. The highest BCUT2D eigenvalue weighted by molar-refractivity contribution is 5.86. The van der Waals surface area contributed by atoms with Gasteiger partial charge in [0.2, 0.25) is 5.91 Å². The van der Waals surface area contributed by atoms with E-state index in [1.165, 1.54) is 5.56 Å². The maximum absolute atomic E-state index is 12.5. The Morgan fingerprint density at radius 1 is 1.33 bits per heavy atom.